The highest BCUT2D eigenvalue weighted by Crippen LogP contribution is 2.12. The van der Waals surface area contributed by atoms with Gasteiger partial charge in [0.1, 0.15) is 0 Å². The maximum Gasteiger partial charge on any atom is 0.216 e. The van der Waals surface area contributed by atoms with Gasteiger partial charge < -0.3 is 9.94 Å². The molecule has 0 unspecified atom stereocenters. The van der Waals surface area contributed by atoms with E-state index in [1.807, 2.05) is 13.8 Å². The quantitative estimate of drug-likeness (QED) is 0.584. The first-order chi connectivity index (χ1) is 7.95. The van der Waals surface area contributed by atoms with Crippen LogP contribution in [0.1, 0.15) is 26.7 Å². The van der Waals surface area contributed by atoms with Crippen molar-refractivity contribution in [3.05, 3.63) is 0 Å². The highest BCUT2D eigenvalue weighted by molar-refractivity contribution is 7.89. The Kier molecular flexibility index (Phi) is 5.35. The molecule has 6 nitrogen and oxygen atoms in total. The molecule has 0 aliphatic carbocycles. The highest BCUT2D eigenvalue weighted by atomic mass is 32.2. The van der Waals surface area contributed by atoms with Crippen LogP contribution in [-0.4, -0.2) is 55.2 Å². The average molecular weight is 264 g/mol. The van der Waals surface area contributed by atoms with Crippen LogP contribution in [0, 0.1) is 0 Å². The summed E-state index contributed by atoms with van der Waals surface area (Å²) in [6.07, 6.45) is 1.04. The Balaban J connectivity index is 2.43. The van der Waals surface area contributed by atoms with Gasteiger partial charge >= 0.3 is 0 Å². The van der Waals surface area contributed by atoms with E-state index in [1.54, 1.807) is 0 Å². The molecule has 1 heterocycles. The molecule has 0 atom stereocenters. The van der Waals surface area contributed by atoms with Crippen molar-refractivity contribution >= 4 is 15.7 Å². The molecule has 0 spiro atoms. The molecule has 100 valence electrons. The first kappa shape index (κ1) is 14.4. The summed E-state index contributed by atoms with van der Waals surface area (Å²) in [7, 11) is -3.24. The average Bonchev–Trinajstić information content (AvgIpc) is 2.28. The van der Waals surface area contributed by atoms with E-state index in [2.05, 4.69) is 5.16 Å². The third-order valence-corrected chi connectivity index (χ3v) is 4.46. The molecule has 0 bridgehead atoms. The van der Waals surface area contributed by atoms with Crippen molar-refractivity contribution in [2.24, 2.45) is 5.16 Å². The number of sulfonamides is 1. The number of nitrogens with zero attached hydrogens (tertiary/aromatic N) is 2. The second kappa shape index (κ2) is 6.32. The van der Waals surface area contributed by atoms with Crippen molar-refractivity contribution in [2.75, 3.05) is 25.4 Å². The van der Waals surface area contributed by atoms with Gasteiger partial charge in [0.05, 0.1) is 24.2 Å². The van der Waals surface area contributed by atoms with Crippen molar-refractivity contribution in [3.8, 4) is 0 Å². The molecule has 1 aliphatic rings. The Hall–Kier alpha value is -0.660. The fourth-order valence-corrected chi connectivity index (χ4v) is 2.94. The molecule has 1 fully saturated rings. The number of oxime groups is 1. The molecule has 1 aliphatic heterocycles. The Labute approximate surface area is 102 Å². The van der Waals surface area contributed by atoms with Crippen molar-refractivity contribution < 1.29 is 18.4 Å². The van der Waals surface area contributed by atoms with Crippen molar-refractivity contribution in [1.29, 1.82) is 0 Å². The van der Waals surface area contributed by atoms with E-state index in [0.717, 1.165) is 0 Å². The van der Waals surface area contributed by atoms with Gasteiger partial charge in [-0.25, -0.2) is 12.7 Å². The van der Waals surface area contributed by atoms with Gasteiger partial charge in [-0.1, -0.05) is 5.16 Å². The molecule has 1 N–H and O–H groups in total. The van der Waals surface area contributed by atoms with E-state index >= 15 is 0 Å². The van der Waals surface area contributed by atoms with Crippen molar-refractivity contribution in [3.63, 3.8) is 0 Å². The summed E-state index contributed by atoms with van der Waals surface area (Å²) in [5.74, 6) is 0.0107. The third-order valence-electron chi connectivity index (χ3n) is 2.63. The van der Waals surface area contributed by atoms with Gasteiger partial charge in [-0.2, -0.15) is 0 Å². The lowest BCUT2D eigenvalue weighted by molar-refractivity contribution is 0.0906. The summed E-state index contributed by atoms with van der Waals surface area (Å²) in [4.78, 5) is 0. The van der Waals surface area contributed by atoms with Crippen LogP contribution in [-0.2, 0) is 14.8 Å². The van der Waals surface area contributed by atoms with Gasteiger partial charge in [0, 0.05) is 25.9 Å². The van der Waals surface area contributed by atoms with Gasteiger partial charge in [0.2, 0.25) is 10.0 Å². The summed E-state index contributed by atoms with van der Waals surface area (Å²) in [5, 5.41) is 11.7. The topological polar surface area (TPSA) is 79.2 Å². The maximum absolute atomic E-state index is 11.9. The summed E-state index contributed by atoms with van der Waals surface area (Å²) in [6.45, 7) is 4.75. The van der Waals surface area contributed by atoms with Crippen LogP contribution >= 0.6 is 0 Å². The van der Waals surface area contributed by atoms with E-state index in [4.69, 9.17) is 9.94 Å². The Bertz CT molecular complexity index is 355. The molecule has 0 saturated carbocycles. The van der Waals surface area contributed by atoms with E-state index in [9.17, 15) is 8.42 Å². The molecule has 7 heteroatoms. The lowest BCUT2D eigenvalue weighted by Gasteiger charge is -2.26. The smallest absolute Gasteiger partial charge is 0.216 e. The SMILES string of the molecule is CC(C)OCCS(=O)(=O)N1CCC(=NO)CC1. The minimum absolute atomic E-state index is 0.0107. The standard InChI is InChI=1S/C10H20N2O4S/c1-9(2)16-7-8-17(14,15)12-5-3-10(11-13)4-6-12/h9,13H,3-8H2,1-2H3. The molecule has 17 heavy (non-hydrogen) atoms. The molecular formula is C10H20N2O4S. The minimum Gasteiger partial charge on any atom is -0.411 e. The molecule has 0 amide bonds. The molecular weight excluding hydrogens is 244 g/mol. The highest BCUT2D eigenvalue weighted by Gasteiger charge is 2.26. The monoisotopic (exact) mass is 264 g/mol. The molecule has 0 aromatic heterocycles. The van der Waals surface area contributed by atoms with E-state index in [-0.39, 0.29) is 18.5 Å². The van der Waals surface area contributed by atoms with Gasteiger partial charge in [0.15, 0.2) is 0 Å². The third kappa shape index (κ3) is 4.61. The van der Waals surface area contributed by atoms with Crippen LogP contribution in [0.15, 0.2) is 5.16 Å². The first-order valence-electron chi connectivity index (χ1n) is 5.75. The van der Waals surface area contributed by atoms with Crippen molar-refractivity contribution in [2.45, 2.75) is 32.8 Å². The van der Waals surface area contributed by atoms with Crippen LogP contribution in [0.2, 0.25) is 0 Å². The second-order valence-electron chi connectivity index (χ2n) is 4.30. The fourth-order valence-electron chi connectivity index (χ4n) is 1.64. The van der Waals surface area contributed by atoms with Crippen LogP contribution in [0.4, 0.5) is 0 Å². The van der Waals surface area contributed by atoms with E-state index < -0.39 is 10.0 Å². The zero-order chi connectivity index (χ0) is 12.9. The number of hydrogen-bond acceptors (Lipinski definition) is 5. The molecule has 1 saturated heterocycles. The Morgan fingerprint density at radius 2 is 2.00 bits per heavy atom. The summed E-state index contributed by atoms with van der Waals surface area (Å²) >= 11 is 0. The van der Waals surface area contributed by atoms with E-state index in [1.165, 1.54) is 4.31 Å². The van der Waals surface area contributed by atoms with Gasteiger partial charge in [-0.15, -0.1) is 0 Å². The largest absolute Gasteiger partial charge is 0.411 e. The zero-order valence-electron chi connectivity index (χ0n) is 10.3. The van der Waals surface area contributed by atoms with Crippen LogP contribution in [0.25, 0.3) is 0 Å². The summed E-state index contributed by atoms with van der Waals surface area (Å²) in [5.41, 5.74) is 0.662. The van der Waals surface area contributed by atoms with Crippen LogP contribution < -0.4 is 0 Å². The van der Waals surface area contributed by atoms with Gasteiger partial charge in [0.25, 0.3) is 0 Å². The van der Waals surface area contributed by atoms with Crippen molar-refractivity contribution in [1.82, 2.24) is 4.31 Å². The molecule has 0 aromatic carbocycles. The lowest BCUT2D eigenvalue weighted by Crippen LogP contribution is -2.40. The molecule has 0 aromatic rings. The predicted octanol–water partition coefficient (Wildman–Crippen LogP) is 0.667. The molecule has 0 radical (unpaired) electrons. The number of rotatable bonds is 5. The van der Waals surface area contributed by atoms with Gasteiger partial charge in [-0.3, -0.25) is 0 Å². The summed E-state index contributed by atoms with van der Waals surface area (Å²) in [6, 6.07) is 0. The normalized spacial score (nSPS) is 18.6. The second-order valence-corrected chi connectivity index (χ2v) is 6.39. The predicted molar refractivity (Wildman–Crippen MR) is 64.9 cm³/mol. The zero-order valence-corrected chi connectivity index (χ0v) is 11.1. The summed E-state index contributed by atoms with van der Waals surface area (Å²) < 4.78 is 30.5. The molecule has 1 rings (SSSR count). The van der Waals surface area contributed by atoms with Crippen LogP contribution in [0.5, 0.6) is 0 Å². The Morgan fingerprint density at radius 1 is 1.41 bits per heavy atom. The number of hydrogen-bond donors (Lipinski definition) is 1. The minimum atomic E-state index is -3.24. The first-order valence-corrected chi connectivity index (χ1v) is 7.36. The number of ether oxygens (including phenoxy) is 1. The Morgan fingerprint density at radius 3 is 2.47 bits per heavy atom. The fraction of sp³-hybridized carbons (Fsp3) is 0.900. The number of piperidine rings is 1. The lowest BCUT2D eigenvalue weighted by atomic mass is 10.1. The van der Waals surface area contributed by atoms with Gasteiger partial charge in [-0.05, 0) is 13.8 Å². The van der Waals surface area contributed by atoms with Crippen LogP contribution in [0.3, 0.4) is 0 Å². The van der Waals surface area contributed by atoms with E-state index in [0.29, 0.717) is 31.6 Å². The maximum atomic E-state index is 11.9.